The molecule has 2 heteroatoms. The number of para-hydroxylation sites is 1. The second-order valence-electron chi connectivity index (χ2n) is 18.3. The number of rotatable bonds is 4. The van der Waals surface area contributed by atoms with E-state index >= 15 is 0 Å². The van der Waals surface area contributed by atoms with Gasteiger partial charge in [-0.15, -0.1) is 0 Å². The third kappa shape index (κ3) is 5.23. The van der Waals surface area contributed by atoms with E-state index < -0.39 is 0 Å². The molecule has 0 amide bonds. The second-order valence-corrected chi connectivity index (χ2v) is 18.3. The topological polar surface area (TPSA) is 26.3 Å². The minimum Gasteiger partial charge on any atom is -0.456 e. The summed E-state index contributed by atoms with van der Waals surface area (Å²) in [6.45, 7) is 4.71. The minimum atomic E-state index is -0.0560. The van der Waals surface area contributed by atoms with Gasteiger partial charge in [-0.3, -0.25) is 0 Å². The second kappa shape index (κ2) is 13.4. The highest BCUT2D eigenvalue weighted by molar-refractivity contribution is 6.23. The van der Waals surface area contributed by atoms with Crippen LogP contribution >= 0.6 is 0 Å². The zero-order valence-electron chi connectivity index (χ0n) is 35.9. The predicted molar refractivity (Wildman–Crippen MR) is 273 cm³/mol. The lowest BCUT2D eigenvalue weighted by Gasteiger charge is -2.21. The molecule has 0 saturated carbocycles. The maximum Gasteiger partial charge on any atom is 0.136 e. The molecule has 13 aromatic rings. The average Bonchev–Trinajstić information content (AvgIpc) is 3.98. The third-order valence-electron chi connectivity index (χ3n) is 14.5. The first kappa shape index (κ1) is 36.3. The summed E-state index contributed by atoms with van der Waals surface area (Å²) in [6.07, 6.45) is 0. The number of fused-ring (bicyclic) bond motifs is 12. The van der Waals surface area contributed by atoms with E-state index in [-0.39, 0.29) is 5.41 Å². The Morgan fingerprint density at radius 3 is 1.60 bits per heavy atom. The van der Waals surface area contributed by atoms with Crippen LogP contribution in [0.2, 0.25) is 0 Å². The van der Waals surface area contributed by atoms with E-state index in [1.54, 1.807) is 0 Å². The molecule has 2 nitrogen and oxygen atoms in total. The number of furan rings is 2. The van der Waals surface area contributed by atoms with E-state index in [0.717, 1.165) is 49.4 Å². The van der Waals surface area contributed by atoms with Gasteiger partial charge < -0.3 is 8.83 Å². The van der Waals surface area contributed by atoms with Gasteiger partial charge in [0.2, 0.25) is 0 Å². The Morgan fingerprint density at radius 1 is 0.277 bits per heavy atom. The Bertz CT molecular complexity index is 4130. The predicted octanol–water partition coefficient (Wildman–Crippen LogP) is 17.9. The van der Waals surface area contributed by atoms with Crippen molar-refractivity contribution < 1.29 is 8.83 Å². The Labute approximate surface area is 375 Å². The maximum atomic E-state index is 6.57. The highest BCUT2D eigenvalue weighted by atomic mass is 16.3. The monoisotopic (exact) mass is 828 g/mol. The Kier molecular flexibility index (Phi) is 7.49. The van der Waals surface area contributed by atoms with Gasteiger partial charge in [0.15, 0.2) is 0 Å². The summed E-state index contributed by atoms with van der Waals surface area (Å²) in [5, 5.41) is 11.6. The normalized spacial score (nSPS) is 13.2. The lowest BCUT2D eigenvalue weighted by Crippen LogP contribution is -2.14. The summed E-state index contributed by atoms with van der Waals surface area (Å²) in [6, 6.07) is 75.7. The summed E-state index contributed by atoms with van der Waals surface area (Å²) in [5.74, 6) is 0. The third-order valence-corrected chi connectivity index (χ3v) is 14.5. The van der Waals surface area contributed by atoms with Crippen LogP contribution in [0.1, 0.15) is 25.0 Å². The van der Waals surface area contributed by atoms with E-state index in [4.69, 9.17) is 8.83 Å². The summed E-state index contributed by atoms with van der Waals surface area (Å²) >= 11 is 0. The molecular weight excluding hydrogens is 789 g/mol. The molecule has 304 valence electrons. The van der Waals surface area contributed by atoms with Crippen LogP contribution in [0.15, 0.2) is 215 Å². The van der Waals surface area contributed by atoms with Crippen molar-refractivity contribution in [2.24, 2.45) is 0 Å². The van der Waals surface area contributed by atoms with Crippen molar-refractivity contribution in [3.8, 4) is 55.6 Å². The van der Waals surface area contributed by atoms with Crippen molar-refractivity contribution in [2.75, 3.05) is 0 Å². The molecule has 0 saturated heterocycles. The van der Waals surface area contributed by atoms with Gasteiger partial charge in [-0.2, -0.15) is 0 Å². The minimum absolute atomic E-state index is 0.0560. The number of hydrogen-bond donors (Lipinski definition) is 0. The molecule has 11 aromatic carbocycles. The van der Waals surface area contributed by atoms with Gasteiger partial charge in [0.25, 0.3) is 0 Å². The Balaban J connectivity index is 1.00. The molecule has 65 heavy (non-hydrogen) atoms. The van der Waals surface area contributed by atoms with Crippen molar-refractivity contribution in [1.82, 2.24) is 0 Å². The van der Waals surface area contributed by atoms with E-state index in [9.17, 15) is 0 Å². The Morgan fingerprint density at radius 2 is 0.785 bits per heavy atom. The standard InChI is InChI=1S/C63H40O2/c1-63(2)54-22-9-7-19-49(54)62-44(21-12-23-55(62)63)38-25-27-39(28-26-38)60-46-17-5-6-18-47(46)61(48-31-29-40(33-53(48)60)43-20-11-14-37-13-3-4-15-42(37)43)41-30-32-57-50(34-41)52-36-58-51(35-59(52)65-57)45-16-8-10-24-56(45)64-58/h3-36H,1-2H3. The molecule has 0 unspecified atom stereocenters. The summed E-state index contributed by atoms with van der Waals surface area (Å²) < 4.78 is 12.9. The van der Waals surface area contributed by atoms with Gasteiger partial charge in [-0.25, -0.2) is 0 Å². The molecule has 0 radical (unpaired) electrons. The van der Waals surface area contributed by atoms with E-state index in [1.807, 2.05) is 12.1 Å². The van der Waals surface area contributed by atoms with E-state index in [1.165, 1.54) is 93.5 Å². The quantitative estimate of drug-likeness (QED) is 0.165. The smallest absolute Gasteiger partial charge is 0.136 e. The van der Waals surface area contributed by atoms with E-state index in [0.29, 0.717) is 0 Å². The average molecular weight is 829 g/mol. The van der Waals surface area contributed by atoms with Crippen molar-refractivity contribution in [3.63, 3.8) is 0 Å². The lowest BCUT2D eigenvalue weighted by atomic mass is 9.82. The zero-order valence-corrected chi connectivity index (χ0v) is 35.9. The molecule has 14 rings (SSSR count). The van der Waals surface area contributed by atoms with Gasteiger partial charge in [0.1, 0.15) is 22.3 Å². The van der Waals surface area contributed by atoms with Gasteiger partial charge in [0, 0.05) is 27.0 Å². The van der Waals surface area contributed by atoms with Crippen LogP contribution in [-0.2, 0) is 5.41 Å². The molecule has 0 aliphatic heterocycles. The maximum absolute atomic E-state index is 6.57. The molecule has 2 aromatic heterocycles. The molecule has 0 fully saturated rings. The van der Waals surface area contributed by atoms with Crippen molar-refractivity contribution in [2.45, 2.75) is 19.3 Å². The van der Waals surface area contributed by atoms with Crippen LogP contribution in [-0.4, -0.2) is 0 Å². The first-order valence-electron chi connectivity index (χ1n) is 22.6. The first-order chi connectivity index (χ1) is 32.0. The van der Waals surface area contributed by atoms with Crippen LogP contribution in [0.3, 0.4) is 0 Å². The van der Waals surface area contributed by atoms with Crippen molar-refractivity contribution in [1.29, 1.82) is 0 Å². The van der Waals surface area contributed by atoms with Crippen LogP contribution < -0.4 is 0 Å². The van der Waals surface area contributed by atoms with Crippen LogP contribution in [0.4, 0.5) is 0 Å². The lowest BCUT2D eigenvalue weighted by molar-refractivity contribution is 0.660. The van der Waals surface area contributed by atoms with Crippen molar-refractivity contribution >= 4 is 76.2 Å². The SMILES string of the molecule is CC1(C)c2ccccc2-c2c(-c3ccc(-c4c5ccccc5c(-c5ccc6oc7cc8c(cc7c6c5)oc5ccccc58)c5ccc(-c6cccc7ccccc67)cc45)cc3)cccc21. The van der Waals surface area contributed by atoms with Crippen LogP contribution in [0.25, 0.3) is 132 Å². The van der Waals surface area contributed by atoms with Gasteiger partial charge in [-0.05, 0) is 135 Å². The van der Waals surface area contributed by atoms with E-state index in [2.05, 4.69) is 208 Å². The molecular formula is C63H40O2. The molecule has 0 bridgehead atoms. The molecule has 0 N–H and O–H groups in total. The highest BCUT2D eigenvalue weighted by Crippen LogP contribution is 2.53. The van der Waals surface area contributed by atoms with Crippen molar-refractivity contribution in [3.05, 3.63) is 217 Å². The fraction of sp³-hybridized carbons (Fsp3) is 0.0476. The molecule has 2 heterocycles. The van der Waals surface area contributed by atoms with Gasteiger partial charge in [0.05, 0.1) is 0 Å². The molecule has 0 atom stereocenters. The summed E-state index contributed by atoms with van der Waals surface area (Å²) in [5.41, 5.74) is 18.6. The van der Waals surface area contributed by atoms with Crippen LogP contribution in [0.5, 0.6) is 0 Å². The highest BCUT2D eigenvalue weighted by Gasteiger charge is 2.36. The zero-order chi connectivity index (χ0) is 43.0. The number of hydrogen-bond acceptors (Lipinski definition) is 2. The molecule has 1 aliphatic carbocycles. The fourth-order valence-corrected chi connectivity index (χ4v) is 11.4. The Hall–Kier alpha value is -8.20. The number of benzene rings is 11. The molecule has 1 aliphatic rings. The van der Waals surface area contributed by atoms with Gasteiger partial charge >= 0.3 is 0 Å². The molecule has 0 spiro atoms. The summed E-state index contributed by atoms with van der Waals surface area (Å²) in [4.78, 5) is 0. The van der Waals surface area contributed by atoms with Crippen LogP contribution in [0, 0.1) is 0 Å². The first-order valence-corrected chi connectivity index (χ1v) is 22.6. The fourth-order valence-electron chi connectivity index (χ4n) is 11.4. The van der Waals surface area contributed by atoms with Gasteiger partial charge in [-0.1, -0.05) is 184 Å². The largest absolute Gasteiger partial charge is 0.456 e. The summed E-state index contributed by atoms with van der Waals surface area (Å²) in [7, 11) is 0.